The van der Waals surface area contributed by atoms with Crippen LogP contribution in [0.5, 0.6) is 5.75 Å². The number of nitrogens with zero attached hydrogens (tertiary/aromatic N) is 1. The van der Waals surface area contributed by atoms with Gasteiger partial charge in [-0.1, -0.05) is 60.2 Å². The maximum absolute atomic E-state index is 13.8. The van der Waals surface area contributed by atoms with Gasteiger partial charge in [-0.2, -0.15) is 13.2 Å². The lowest BCUT2D eigenvalue weighted by atomic mass is 9.89. The van der Waals surface area contributed by atoms with Crippen LogP contribution in [0, 0.1) is 6.92 Å². The fraction of sp³-hybridized carbons (Fsp3) is 0.345. The summed E-state index contributed by atoms with van der Waals surface area (Å²) in [6.07, 6.45) is -2.38. The number of hydrogen-bond donors (Lipinski definition) is 1. The minimum atomic E-state index is -4.50. The van der Waals surface area contributed by atoms with Gasteiger partial charge in [-0.3, -0.25) is 4.79 Å². The first-order valence-corrected chi connectivity index (χ1v) is 12.1. The van der Waals surface area contributed by atoms with Crippen LogP contribution >= 0.6 is 0 Å². The van der Waals surface area contributed by atoms with E-state index in [1.165, 1.54) is 11.6 Å². The number of carboxylic acid groups (broad SMARTS) is 1. The third-order valence-electron chi connectivity index (χ3n) is 6.75. The maximum Gasteiger partial charge on any atom is 0.417 e. The Hall–Kier alpha value is -3.32. The van der Waals surface area contributed by atoms with Gasteiger partial charge in [-0.15, -0.1) is 0 Å². The predicted octanol–water partition coefficient (Wildman–Crippen LogP) is 6.91. The van der Waals surface area contributed by atoms with Gasteiger partial charge in [-0.05, 0) is 73.2 Å². The van der Waals surface area contributed by atoms with E-state index < -0.39 is 17.7 Å². The molecule has 1 aliphatic heterocycles. The zero-order chi connectivity index (χ0) is 25.7. The molecular weight excluding hydrogens is 467 g/mol. The third kappa shape index (κ3) is 6.66. The van der Waals surface area contributed by atoms with E-state index in [-0.39, 0.29) is 24.3 Å². The lowest BCUT2D eigenvalue weighted by Gasteiger charge is -2.31. The van der Waals surface area contributed by atoms with Gasteiger partial charge in [0.1, 0.15) is 12.4 Å². The molecule has 1 saturated heterocycles. The molecule has 0 radical (unpaired) electrons. The predicted molar refractivity (Wildman–Crippen MR) is 133 cm³/mol. The molecular formula is C29H30F3NO3. The standard InChI is InChI=1S/C29H30F3NO3/c1-20-2-6-24(7-3-20)26-11-10-25(18-27(26)29(30,31)32)36-19-21-4-8-22(9-5-21)23-12-15-33(16-13-23)17-14-28(34)35/h2-11,18,23H,12-17,19H2,1H3,(H,34,35). The van der Waals surface area contributed by atoms with Gasteiger partial charge >= 0.3 is 12.1 Å². The van der Waals surface area contributed by atoms with E-state index in [2.05, 4.69) is 17.0 Å². The molecule has 1 aliphatic rings. The van der Waals surface area contributed by atoms with Crippen LogP contribution in [0.1, 0.15) is 47.4 Å². The van der Waals surface area contributed by atoms with Gasteiger partial charge in [0.05, 0.1) is 12.0 Å². The van der Waals surface area contributed by atoms with E-state index in [9.17, 15) is 18.0 Å². The second kappa shape index (κ2) is 11.2. The van der Waals surface area contributed by atoms with E-state index in [0.717, 1.165) is 43.1 Å². The van der Waals surface area contributed by atoms with Crippen molar-refractivity contribution in [2.45, 2.75) is 44.9 Å². The second-order valence-corrected chi connectivity index (χ2v) is 9.36. The van der Waals surface area contributed by atoms with Gasteiger partial charge in [0.15, 0.2) is 0 Å². The van der Waals surface area contributed by atoms with Crippen molar-refractivity contribution in [3.05, 3.63) is 89.0 Å². The third-order valence-corrected chi connectivity index (χ3v) is 6.75. The monoisotopic (exact) mass is 497 g/mol. The fourth-order valence-electron chi connectivity index (χ4n) is 4.63. The molecule has 0 atom stereocenters. The second-order valence-electron chi connectivity index (χ2n) is 9.36. The van der Waals surface area contributed by atoms with Crippen LogP contribution in [0.15, 0.2) is 66.7 Å². The van der Waals surface area contributed by atoms with Gasteiger partial charge in [0.25, 0.3) is 0 Å². The minimum Gasteiger partial charge on any atom is -0.489 e. The number of ether oxygens (including phenoxy) is 1. The number of carbonyl (C=O) groups is 1. The molecule has 0 aliphatic carbocycles. The molecule has 3 aromatic rings. The van der Waals surface area contributed by atoms with Crippen LogP contribution in [-0.4, -0.2) is 35.6 Å². The first-order chi connectivity index (χ1) is 17.2. The molecule has 3 aromatic carbocycles. The van der Waals surface area contributed by atoms with Crippen LogP contribution in [-0.2, 0) is 17.6 Å². The largest absolute Gasteiger partial charge is 0.489 e. The summed E-state index contributed by atoms with van der Waals surface area (Å²) < 4.78 is 47.1. The molecule has 7 heteroatoms. The van der Waals surface area contributed by atoms with Crippen molar-refractivity contribution in [1.29, 1.82) is 0 Å². The van der Waals surface area contributed by atoms with Crippen molar-refractivity contribution in [2.24, 2.45) is 0 Å². The molecule has 0 saturated carbocycles. The van der Waals surface area contributed by atoms with E-state index in [1.54, 1.807) is 30.3 Å². The summed E-state index contributed by atoms with van der Waals surface area (Å²) in [5, 5.41) is 8.85. The van der Waals surface area contributed by atoms with Crippen LogP contribution in [0.2, 0.25) is 0 Å². The molecule has 1 fully saturated rings. The highest BCUT2D eigenvalue weighted by Gasteiger charge is 2.34. The Labute approximate surface area is 209 Å². The van der Waals surface area contributed by atoms with Crippen LogP contribution < -0.4 is 4.74 Å². The highest BCUT2D eigenvalue weighted by molar-refractivity contribution is 5.69. The summed E-state index contributed by atoms with van der Waals surface area (Å²) in [6, 6.07) is 19.1. The van der Waals surface area contributed by atoms with Crippen LogP contribution in [0.4, 0.5) is 13.2 Å². The molecule has 1 N–H and O–H groups in total. The average Bonchev–Trinajstić information content (AvgIpc) is 2.87. The van der Waals surface area contributed by atoms with Crippen LogP contribution in [0.3, 0.4) is 0 Å². The summed E-state index contributed by atoms with van der Waals surface area (Å²) in [6.45, 7) is 4.41. The van der Waals surface area contributed by atoms with Crippen molar-refractivity contribution >= 4 is 5.97 Å². The molecule has 4 nitrogen and oxygen atoms in total. The molecule has 190 valence electrons. The maximum atomic E-state index is 13.8. The van der Waals surface area contributed by atoms with Crippen molar-refractivity contribution in [2.75, 3.05) is 19.6 Å². The Morgan fingerprint density at radius 1 is 1.00 bits per heavy atom. The number of aryl methyl sites for hydroxylation is 1. The molecule has 0 unspecified atom stereocenters. The Morgan fingerprint density at radius 3 is 2.28 bits per heavy atom. The van der Waals surface area contributed by atoms with E-state index in [4.69, 9.17) is 9.84 Å². The Bertz CT molecular complexity index is 1170. The molecule has 4 rings (SSSR count). The van der Waals surface area contributed by atoms with Gasteiger partial charge in [0, 0.05) is 6.54 Å². The average molecular weight is 498 g/mol. The minimum absolute atomic E-state index is 0.133. The van der Waals surface area contributed by atoms with Crippen molar-refractivity contribution in [3.63, 3.8) is 0 Å². The van der Waals surface area contributed by atoms with E-state index in [1.807, 2.05) is 19.1 Å². The Morgan fingerprint density at radius 2 is 1.67 bits per heavy atom. The van der Waals surface area contributed by atoms with Crippen molar-refractivity contribution in [3.8, 4) is 16.9 Å². The topological polar surface area (TPSA) is 49.8 Å². The molecule has 0 bridgehead atoms. The summed E-state index contributed by atoms with van der Waals surface area (Å²) >= 11 is 0. The number of halogens is 3. The summed E-state index contributed by atoms with van der Waals surface area (Å²) in [5.74, 6) is -0.174. The number of alkyl halides is 3. The summed E-state index contributed by atoms with van der Waals surface area (Å²) in [5.41, 5.74) is 3.02. The first kappa shape index (κ1) is 25.8. The normalized spacial score (nSPS) is 15.1. The Balaban J connectivity index is 1.37. The number of carboxylic acids is 1. The number of hydrogen-bond acceptors (Lipinski definition) is 3. The lowest BCUT2D eigenvalue weighted by molar-refractivity contribution is -0.138. The smallest absolute Gasteiger partial charge is 0.417 e. The number of piperidine rings is 1. The number of aliphatic carboxylic acids is 1. The Kier molecular flexibility index (Phi) is 7.99. The first-order valence-electron chi connectivity index (χ1n) is 12.1. The molecule has 0 aromatic heterocycles. The number of rotatable bonds is 8. The SMILES string of the molecule is Cc1ccc(-c2ccc(OCc3ccc(C4CCN(CCC(=O)O)CC4)cc3)cc2C(F)(F)F)cc1. The van der Waals surface area contributed by atoms with Crippen molar-refractivity contribution in [1.82, 2.24) is 4.90 Å². The fourth-order valence-corrected chi connectivity index (χ4v) is 4.63. The van der Waals surface area contributed by atoms with Gasteiger partial charge < -0.3 is 14.7 Å². The molecule has 36 heavy (non-hydrogen) atoms. The summed E-state index contributed by atoms with van der Waals surface area (Å²) in [4.78, 5) is 12.9. The molecule has 1 heterocycles. The zero-order valence-electron chi connectivity index (χ0n) is 20.2. The van der Waals surface area contributed by atoms with Crippen LogP contribution in [0.25, 0.3) is 11.1 Å². The lowest BCUT2D eigenvalue weighted by Crippen LogP contribution is -2.34. The van der Waals surface area contributed by atoms with Gasteiger partial charge in [-0.25, -0.2) is 0 Å². The highest BCUT2D eigenvalue weighted by Crippen LogP contribution is 2.39. The molecule has 0 amide bonds. The van der Waals surface area contributed by atoms with E-state index >= 15 is 0 Å². The highest BCUT2D eigenvalue weighted by atomic mass is 19.4. The van der Waals surface area contributed by atoms with Crippen molar-refractivity contribution < 1.29 is 27.8 Å². The zero-order valence-corrected chi connectivity index (χ0v) is 20.2. The van der Waals surface area contributed by atoms with E-state index in [0.29, 0.717) is 18.0 Å². The number of likely N-dealkylation sites (tertiary alicyclic amines) is 1. The molecule has 0 spiro atoms. The quantitative estimate of drug-likeness (QED) is 0.367. The number of benzene rings is 3. The van der Waals surface area contributed by atoms with Gasteiger partial charge in [0.2, 0.25) is 0 Å². The summed E-state index contributed by atoms with van der Waals surface area (Å²) in [7, 11) is 0.